The Bertz CT molecular complexity index is 871. The van der Waals surface area contributed by atoms with Crippen molar-refractivity contribution in [2.45, 2.75) is 25.8 Å². The fourth-order valence-corrected chi connectivity index (χ4v) is 4.18. The Hall–Kier alpha value is -1.75. The molecule has 0 unspecified atom stereocenters. The molecule has 2 aromatic carbocycles. The maximum atomic E-state index is 12.3. The Balaban J connectivity index is 1.73. The number of amides is 1. The zero-order valence-corrected chi connectivity index (χ0v) is 16.9. The number of rotatable bonds is 2. The van der Waals surface area contributed by atoms with Crippen molar-refractivity contribution in [3.05, 3.63) is 52.0 Å². The Morgan fingerprint density at radius 3 is 2.41 bits per heavy atom. The highest BCUT2D eigenvalue weighted by atomic mass is 35.5. The molecule has 0 aromatic heterocycles. The first-order valence-electron chi connectivity index (χ1n) is 9.37. The number of halogens is 2. The standard InChI is InChI=1S/C21H23Cl2N3O/c1-24-10-11-25(17-5-7-18(22)19(23)13-17)20-8-6-16(12-15(20)14-24)26-9-3-2-4-21(26)27/h5-8,12-13H,2-4,9-11,14H2,1H3. The van der Waals surface area contributed by atoms with Crippen molar-refractivity contribution in [3.63, 3.8) is 0 Å². The molecule has 142 valence electrons. The molecule has 27 heavy (non-hydrogen) atoms. The van der Waals surface area contributed by atoms with Gasteiger partial charge in [0.2, 0.25) is 5.91 Å². The SMILES string of the molecule is CN1CCN(c2ccc(Cl)c(Cl)c2)c2ccc(N3CCCCC3=O)cc2C1. The van der Waals surface area contributed by atoms with Crippen molar-refractivity contribution in [1.82, 2.24) is 4.90 Å². The number of benzene rings is 2. The molecular weight excluding hydrogens is 381 g/mol. The highest BCUT2D eigenvalue weighted by molar-refractivity contribution is 6.42. The van der Waals surface area contributed by atoms with Crippen molar-refractivity contribution in [2.24, 2.45) is 0 Å². The second-order valence-corrected chi connectivity index (χ2v) is 8.12. The van der Waals surface area contributed by atoms with Gasteiger partial charge in [-0.25, -0.2) is 0 Å². The maximum Gasteiger partial charge on any atom is 0.226 e. The monoisotopic (exact) mass is 403 g/mol. The summed E-state index contributed by atoms with van der Waals surface area (Å²) in [5.41, 5.74) is 4.41. The molecule has 0 spiro atoms. The highest BCUT2D eigenvalue weighted by Gasteiger charge is 2.24. The first-order chi connectivity index (χ1) is 13.0. The van der Waals surface area contributed by atoms with Crippen LogP contribution in [0.1, 0.15) is 24.8 Å². The summed E-state index contributed by atoms with van der Waals surface area (Å²) in [6.45, 7) is 3.46. The summed E-state index contributed by atoms with van der Waals surface area (Å²) in [5, 5.41) is 1.12. The number of likely N-dealkylation sites (N-methyl/N-ethyl adjacent to an activating group) is 1. The largest absolute Gasteiger partial charge is 0.340 e. The van der Waals surface area contributed by atoms with Gasteiger partial charge < -0.3 is 14.7 Å². The molecule has 2 heterocycles. The molecule has 1 amide bonds. The first kappa shape index (κ1) is 18.6. The normalized spacial score (nSPS) is 18.4. The van der Waals surface area contributed by atoms with E-state index in [4.69, 9.17) is 23.2 Å². The molecule has 6 heteroatoms. The number of hydrogen-bond acceptors (Lipinski definition) is 3. The Labute approximate surface area is 170 Å². The molecule has 0 bridgehead atoms. The molecule has 0 saturated carbocycles. The van der Waals surface area contributed by atoms with Crippen LogP contribution in [0.15, 0.2) is 36.4 Å². The van der Waals surface area contributed by atoms with Crippen LogP contribution in [0.4, 0.5) is 17.1 Å². The highest BCUT2D eigenvalue weighted by Crippen LogP contribution is 2.36. The number of carbonyl (C=O) groups excluding carboxylic acids is 1. The van der Waals surface area contributed by atoms with E-state index in [2.05, 4.69) is 35.0 Å². The molecule has 1 saturated heterocycles. The topological polar surface area (TPSA) is 26.8 Å². The number of nitrogens with zero attached hydrogens (tertiary/aromatic N) is 3. The summed E-state index contributed by atoms with van der Waals surface area (Å²) in [7, 11) is 2.13. The molecule has 4 nitrogen and oxygen atoms in total. The Kier molecular flexibility index (Phi) is 5.31. The third-order valence-electron chi connectivity index (χ3n) is 5.35. The molecule has 0 N–H and O–H groups in total. The molecule has 1 fully saturated rings. The van der Waals surface area contributed by atoms with Gasteiger partial charge in [0.25, 0.3) is 0 Å². The molecule has 0 atom stereocenters. The summed E-state index contributed by atoms with van der Waals surface area (Å²) in [6.07, 6.45) is 2.71. The number of hydrogen-bond donors (Lipinski definition) is 0. The number of carbonyl (C=O) groups is 1. The van der Waals surface area contributed by atoms with E-state index < -0.39 is 0 Å². The number of piperidine rings is 1. The van der Waals surface area contributed by atoms with Crippen LogP contribution in [0.25, 0.3) is 0 Å². The fraction of sp³-hybridized carbons (Fsp3) is 0.381. The molecule has 2 aliphatic heterocycles. The molecule has 2 aliphatic rings. The smallest absolute Gasteiger partial charge is 0.226 e. The van der Waals surface area contributed by atoms with Gasteiger partial charge in [0.05, 0.1) is 10.0 Å². The van der Waals surface area contributed by atoms with Crippen LogP contribution >= 0.6 is 23.2 Å². The summed E-state index contributed by atoms with van der Waals surface area (Å²) in [4.78, 5) is 18.8. The average molecular weight is 404 g/mol. The molecule has 4 rings (SSSR count). The lowest BCUT2D eigenvalue weighted by Crippen LogP contribution is -2.35. The summed E-state index contributed by atoms with van der Waals surface area (Å²) in [6, 6.07) is 12.1. The van der Waals surface area contributed by atoms with Crippen molar-refractivity contribution >= 4 is 46.2 Å². The van der Waals surface area contributed by atoms with E-state index in [1.165, 1.54) is 5.56 Å². The van der Waals surface area contributed by atoms with Gasteiger partial charge in [-0.1, -0.05) is 23.2 Å². The zero-order valence-electron chi connectivity index (χ0n) is 15.4. The van der Waals surface area contributed by atoms with Crippen molar-refractivity contribution in [1.29, 1.82) is 0 Å². The van der Waals surface area contributed by atoms with Crippen molar-refractivity contribution in [2.75, 3.05) is 36.5 Å². The van der Waals surface area contributed by atoms with Gasteiger partial charge in [0.15, 0.2) is 0 Å². The quantitative estimate of drug-likeness (QED) is 0.697. The van der Waals surface area contributed by atoms with Gasteiger partial charge in [-0.05, 0) is 61.9 Å². The van der Waals surface area contributed by atoms with Crippen LogP contribution in [0.3, 0.4) is 0 Å². The lowest BCUT2D eigenvalue weighted by atomic mass is 10.1. The minimum Gasteiger partial charge on any atom is -0.340 e. The van der Waals surface area contributed by atoms with Gasteiger partial charge in [-0.3, -0.25) is 4.79 Å². The predicted octanol–water partition coefficient (Wildman–Crippen LogP) is 5.09. The fourth-order valence-electron chi connectivity index (χ4n) is 3.89. The van der Waals surface area contributed by atoms with Crippen LogP contribution in [-0.2, 0) is 11.3 Å². The van der Waals surface area contributed by atoms with E-state index in [0.717, 1.165) is 56.1 Å². The second-order valence-electron chi connectivity index (χ2n) is 7.30. The number of fused-ring (bicyclic) bond motifs is 1. The van der Waals surface area contributed by atoms with E-state index >= 15 is 0 Å². The molecule has 0 radical (unpaired) electrons. The van der Waals surface area contributed by atoms with Crippen molar-refractivity contribution in [3.8, 4) is 0 Å². The minimum absolute atomic E-state index is 0.226. The van der Waals surface area contributed by atoms with Crippen LogP contribution in [0.5, 0.6) is 0 Å². The van der Waals surface area contributed by atoms with Gasteiger partial charge in [-0.2, -0.15) is 0 Å². The Morgan fingerprint density at radius 2 is 1.63 bits per heavy atom. The third kappa shape index (κ3) is 3.79. The van der Waals surface area contributed by atoms with E-state index in [1.54, 1.807) is 0 Å². The minimum atomic E-state index is 0.226. The van der Waals surface area contributed by atoms with E-state index in [1.807, 2.05) is 23.1 Å². The maximum absolute atomic E-state index is 12.3. The molecule has 0 aliphatic carbocycles. The second kappa shape index (κ2) is 7.70. The summed E-state index contributed by atoms with van der Waals surface area (Å²) in [5.74, 6) is 0.226. The molecule has 2 aromatic rings. The summed E-state index contributed by atoms with van der Waals surface area (Å²) >= 11 is 12.4. The van der Waals surface area contributed by atoms with Gasteiger partial charge in [0, 0.05) is 49.7 Å². The lowest BCUT2D eigenvalue weighted by Gasteiger charge is -2.29. The summed E-state index contributed by atoms with van der Waals surface area (Å²) < 4.78 is 0. The number of anilines is 3. The van der Waals surface area contributed by atoms with Crippen molar-refractivity contribution < 1.29 is 4.79 Å². The molecular formula is C21H23Cl2N3O. The van der Waals surface area contributed by atoms with Gasteiger partial charge in [0.1, 0.15) is 0 Å². The van der Waals surface area contributed by atoms with E-state index in [-0.39, 0.29) is 5.91 Å². The lowest BCUT2D eigenvalue weighted by molar-refractivity contribution is -0.119. The van der Waals surface area contributed by atoms with Gasteiger partial charge in [-0.15, -0.1) is 0 Å². The van der Waals surface area contributed by atoms with E-state index in [9.17, 15) is 4.79 Å². The van der Waals surface area contributed by atoms with Crippen LogP contribution < -0.4 is 9.80 Å². The average Bonchev–Trinajstić information content (AvgIpc) is 2.82. The predicted molar refractivity (Wildman–Crippen MR) is 112 cm³/mol. The Morgan fingerprint density at radius 1 is 0.852 bits per heavy atom. The zero-order chi connectivity index (χ0) is 19.0. The third-order valence-corrected chi connectivity index (χ3v) is 6.09. The van der Waals surface area contributed by atoms with Crippen LogP contribution in [0, 0.1) is 0 Å². The first-order valence-corrected chi connectivity index (χ1v) is 10.1. The van der Waals surface area contributed by atoms with Gasteiger partial charge >= 0.3 is 0 Å². The van der Waals surface area contributed by atoms with Crippen LogP contribution in [0.2, 0.25) is 10.0 Å². The van der Waals surface area contributed by atoms with Crippen LogP contribution in [-0.4, -0.2) is 37.5 Å². The van der Waals surface area contributed by atoms with E-state index in [0.29, 0.717) is 16.5 Å².